The standard InChI is InChI=1S/C7H6N2/c8-5-4-7-3-1-2-6-9-7/h1-4,6,9H. The molecule has 0 unspecified atom stereocenters. The summed E-state index contributed by atoms with van der Waals surface area (Å²) in [5.41, 5.74) is 0.833. The average molecular weight is 118 g/mol. The largest absolute Gasteiger partial charge is 0.361 e. The van der Waals surface area contributed by atoms with Crippen molar-refractivity contribution in [2.45, 2.75) is 0 Å². The fraction of sp³-hybridized carbons (Fsp3) is 0. The van der Waals surface area contributed by atoms with Gasteiger partial charge < -0.3 is 5.32 Å². The summed E-state index contributed by atoms with van der Waals surface area (Å²) in [6.45, 7) is 0. The van der Waals surface area contributed by atoms with E-state index in [0.717, 1.165) is 5.70 Å². The van der Waals surface area contributed by atoms with E-state index in [4.69, 9.17) is 5.26 Å². The zero-order valence-electron chi connectivity index (χ0n) is 4.83. The fourth-order valence-corrected chi connectivity index (χ4v) is 0.567. The molecule has 0 aromatic carbocycles. The Bertz CT molecular complexity index is 216. The summed E-state index contributed by atoms with van der Waals surface area (Å²) in [6.07, 6.45) is 8.82. The van der Waals surface area contributed by atoms with E-state index in [1.165, 1.54) is 6.08 Å². The second-order valence-electron chi connectivity index (χ2n) is 1.59. The minimum atomic E-state index is 0.833. The predicted octanol–water partition coefficient (Wildman–Crippen LogP) is 1.07. The number of hydrogen-bond donors (Lipinski definition) is 1. The van der Waals surface area contributed by atoms with Crippen molar-refractivity contribution in [1.82, 2.24) is 5.32 Å². The molecule has 1 N–H and O–H groups in total. The lowest BCUT2D eigenvalue weighted by molar-refractivity contribution is 1.10. The van der Waals surface area contributed by atoms with Crippen molar-refractivity contribution in [1.29, 1.82) is 5.26 Å². The van der Waals surface area contributed by atoms with Crippen LogP contribution in [0.3, 0.4) is 0 Å². The van der Waals surface area contributed by atoms with Crippen LogP contribution in [0.25, 0.3) is 0 Å². The molecule has 9 heavy (non-hydrogen) atoms. The van der Waals surface area contributed by atoms with Crippen LogP contribution >= 0.6 is 0 Å². The van der Waals surface area contributed by atoms with Crippen molar-refractivity contribution < 1.29 is 0 Å². The van der Waals surface area contributed by atoms with Crippen LogP contribution in [-0.2, 0) is 0 Å². The summed E-state index contributed by atoms with van der Waals surface area (Å²) < 4.78 is 0. The van der Waals surface area contributed by atoms with Crippen molar-refractivity contribution in [3.63, 3.8) is 0 Å². The smallest absolute Gasteiger partial charge is 0.0933 e. The zero-order valence-corrected chi connectivity index (χ0v) is 4.83. The summed E-state index contributed by atoms with van der Waals surface area (Å²) >= 11 is 0. The number of nitrogens with zero attached hydrogens (tertiary/aromatic N) is 1. The first-order chi connectivity index (χ1) is 4.43. The molecule has 2 heteroatoms. The van der Waals surface area contributed by atoms with Gasteiger partial charge >= 0.3 is 0 Å². The highest BCUT2D eigenvalue weighted by Gasteiger charge is 1.87. The molecule has 0 aromatic rings. The van der Waals surface area contributed by atoms with Crippen LogP contribution in [0, 0.1) is 11.3 Å². The van der Waals surface area contributed by atoms with Crippen LogP contribution in [-0.4, -0.2) is 0 Å². The minimum absolute atomic E-state index is 0.833. The van der Waals surface area contributed by atoms with Gasteiger partial charge in [0, 0.05) is 18.0 Å². The molecule has 1 aliphatic heterocycles. The molecule has 0 aromatic heterocycles. The third-order valence-corrected chi connectivity index (χ3v) is 0.953. The second kappa shape index (κ2) is 2.73. The highest BCUT2D eigenvalue weighted by molar-refractivity contribution is 5.30. The molecule has 1 rings (SSSR count). The number of nitriles is 1. The molecule has 0 radical (unpaired) electrons. The van der Waals surface area contributed by atoms with E-state index in [0.29, 0.717) is 0 Å². The van der Waals surface area contributed by atoms with E-state index >= 15 is 0 Å². The fourth-order valence-electron chi connectivity index (χ4n) is 0.567. The van der Waals surface area contributed by atoms with Crippen LogP contribution in [0.2, 0.25) is 0 Å². The molecule has 0 aliphatic carbocycles. The first-order valence-electron chi connectivity index (χ1n) is 2.63. The van der Waals surface area contributed by atoms with Crippen molar-refractivity contribution >= 4 is 0 Å². The molecule has 0 atom stereocenters. The summed E-state index contributed by atoms with van der Waals surface area (Å²) in [5, 5.41) is 11.1. The quantitative estimate of drug-likeness (QED) is 0.483. The van der Waals surface area contributed by atoms with Crippen LogP contribution in [0.5, 0.6) is 0 Å². The van der Waals surface area contributed by atoms with E-state index in [1.54, 1.807) is 6.20 Å². The number of dihydropyridines is 1. The summed E-state index contributed by atoms with van der Waals surface area (Å²) in [7, 11) is 0. The highest BCUT2D eigenvalue weighted by Crippen LogP contribution is 1.95. The van der Waals surface area contributed by atoms with Gasteiger partial charge in [0.05, 0.1) is 6.07 Å². The number of rotatable bonds is 0. The third-order valence-electron chi connectivity index (χ3n) is 0.953. The maximum absolute atomic E-state index is 8.19. The first-order valence-corrected chi connectivity index (χ1v) is 2.63. The monoisotopic (exact) mass is 118 g/mol. The first kappa shape index (κ1) is 5.64. The Labute approximate surface area is 53.8 Å². The Morgan fingerprint density at radius 3 is 3.00 bits per heavy atom. The van der Waals surface area contributed by atoms with Crippen molar-refractivity contribution in [3.05, 3.63) is 36.2 Å². The number of nitrogens with one attached hydrogen (secondary N) is 1. The van der Waals surface area contributed by atoms with Crippen molar-refractivity contribution in [3.8, 4) is 6.07 Å². The van der Waals surface area contributed by atoms with Gasteiger partial charge in [-0.25, -0.2) is 0 Å². The second-order valence-corrected chi connectivity index (χ2v) is 1.59. The van der Waals surface area contributed by atoms with Crippen LogP contribution in [0.4, 0.5) is 0 Å². The van der Waals surface area contributed by atoms with Crippen molar-refractivity contribution in [2.24, 2.45) is 0 Å². The van der Waals surface area contributed by atoms with E-state index in [-0.39, 0.29) is 0 Å². The van der Waals surface area contributed by atoms with Crippen LogP contribution in [0.1, 0.15) is 0 Å². The number of hydrogen-bond acceptors (Lipinski definition) is 2. The molecular formula is C7H6N2. The average Bonchev–Trinajstić information content (AvgIpc) is 1.91. The van der Waals surface area contributed by atoms with Gasteiger partial charge in [0.1, 0.15) is 0 Å². The molecule has 0 bridgehead atoms. The minimum Gasteiger partial charge on any atom is -0.361 e. The lowest BCUT2D eigenvalue weighted by atomic mass is 10.3. The summed E-state index contributed by atoms with van der Waals surface area (Å²) in [4.78, 5) is 0. The van der Waals surface area contributed by atoms with Gasteiger partial charge in [0.25, 0.3) is 0 Å². The van der Waals surface area contributed by atoms with Crippen LogP contribution in [0.15, 0.2) is 36.2 Å². The normalized spacial score (nSPS) is 19.2. The molecule has 0 saturated carbocycles. The van der Waals surface area contributed by atoms with Gasteiger partial charge in [-0.15, -0.1) is 0 Å². The van der Waals surface area contributed by atoms with Crippen molar-refractivity contribution in [2.75, 3.05) is 0 Å². The van der Waals surface area contributed by atoms with Gasteiger partial charge in [0.15, 0.2) is 0 Å². The van der Waals surface area contributed by atoms with Gasteiger partial charge in [0.2, 0.25) is 0 Å². The Morgan fingerprint density at radius 2 is 2.44 bits per heavy atom. The van der Waals surface area contributed by atoms with E-state index in [2.05, 4.69) is 5.32 Å². The predicted molar refractivity (Wildman–Crippen MR) is 35.1 cm³/mol. The lowest BCUT2D eigenvalue weighted by Crippen LogP contribution is -2.03. The Morgan fingerprint density at radius 1 is 1.56 bits per heavy atom. The number of allylic oxidation sites excluding steroid dienone is 4. The summed E-state index contributed by atoms with van der Waals surface area (Å²) in [6, 6.07) is 1.93. The molecule has 0 saturated heterocycles. The molecular weight excluding hydrogens is 112 g/mol. The van der Waals surface area contributed by atoms with Gasteiger partial charge in [-0.1, -0.05) is 6.08 Å². The van der Waals surface area contributed by atoms with E-state index in [9.17, 15) is 0 Å². The Kier molecular flexibility index (Phi) is 1.71. The Balaban J connectivity index is 2.69. The van der Waals surface area contributed by atoms with Gasteiger partial charge in [-0.05, 0) is 12.2 Å². The zero-order chi connectivity index (χ0) is 6.53. The van der Waals surface area contributed by atoms with Crippen LogP contribution < -0.4 is 5.32 Å². The van der Waals surface area contributed by atoms with E-state index < -0.39 is 0 Å². The third kappa shape index (κ3) is 1.46. The SMILES string of the molecule is N#CC=C1C=CC=CN1. The molecule has 0 amide bonds. The summed E-state index contributed by atoms with van der Waals surface area (Å²) in [5.74, 6) is 0. The molecule has 1 heterocycles. The molecule has 44 valence electrons. The Hall–Kier alpha value is -1.49. The molecule has 1 aliphatic rings. The molecule has 0 spiro atoms. The van der Waals surface area contributed by atoms with Gasteiger partial charge in [-0.2, -0.15) is 5.26 Å². The lowest BCUT2D eigenvalue weighted by Gasteiger charge is -2.00. The maximum atomic E-state index is 8.19. The maximum Gasteiger partial charge on any atom is 0.0933 e. The highest BCUT2D eigenvalue weighted by atomic mass is 14.8. The van der Waals surface area contributed by atoms with Gasteiger partial charge in [-0.3, -0.25) is 0 Å². The molecule has 0 fully saturated rings. The topological polar surface area (TPSA) is 35.8 Å². The molecule has 2 nitrogen and oxygen atoms in total. The van der Waals surface area contributed by atoms with E-state index in [1.807, 2.05) is 24.3 Å².